The molecule has 0 fully saturated rings. The Balaban J connectivity index is 1.95. The molecule has 0 spiro atoms. The fourth-order valence-corrected chi connectivity index (χ4v) is 3.84. The van der Waals surface area contributed by atoms with Crippen molar-refractivity contribution < 1.29 is 19.2 Å². The second-order valence-electron chi connectivity index (χ2n) is 7.68. The van der Waals surface area contributed by atoms with Crippen molar-refractivity contribution in [3.05, 3.63) is 87.7 Å². The summed E-state index contributed by atoms with van der Waals surface area (Å²) in [6.07, 6.45) is 1.71. The molecule has 0 saturated heterocycles. The monoisotopic (exact) mass is 461 g/mol. The van der Waals surface area contributed by atoms with E-state index in [0.29, 0.717) is 22.5 Å². The van der Waals surface area contributed by atoms with Gasteiger partial charge in [-0.2, -0.15) is 5.10 Å². The van der Waals surface area contributed by atoms with Crippen LogP contribution >= 0.6 is 0 Å². The van der Waals surface area contributed by atoms with Crippen LogP contribution < -0.4 is 5.32 Å². The number of rotatable bonds is 6. The first kappa shape index (κ1) is 22.7. The largest absolute Gasteiger partial charge is 0.463 e. The number of carbonyl (C=O) groups is 2. The van der Waals surface area contributed by atoms with Gasteiger partial charge >= 0.3 is 12.0 Å². The van der Waals surface area contributed by atoms with E-state index in [4.69, 9.17) is 4.74 Å². The van der Waals surface area contributed by atoms with Crippen molar-refractivity contribution in [1.29, 1.82) is 0 Å². The molecule has 1 aromatic heterocycles. The van der Waals surface area contributed by atoms with Crippen molar-refractivity contribution >= 4 is 17.7 Å². The topological polar surface area (TPSA) is 120 Å². The number of non-ortho nitro benzene ring substituents is 1. The Bertz CT molecular complexity index is 1300. The van der Waals surface area contributed by atoms with E-state index >= 15 is 0 Å². The average Bonchev–Trinajstić information content (AvgIpc) is 3.28. The predicted octanol–water partition coefficient (Wildman–Crippen LogP) is 3.98. The number of esters is 1. The molecular weight excluding hydrogens is 438 g/mol. The molecule has 10 nitrogen and oxygen atoms in total. The first-order valence-electron chi connectivity index (χ1n) is 10.6. The van der Waals surface area contributed by atoms with Crippen LogP contribution in [0.15, 0.2) is 72.1 Å². The molecule has 0 saturated carbocycles. The molecule has 0 unspecified atom stereocenters. The number of allylic oxidation sites excluding steroid dienone is 1. The lowest BCUT2D eigenvalue weighted by atomic mass is 9.93. The summed E-state index contributed by atoms with van der Waals surface area (Å²) < 4.78 is 6.90. The number of benzene rings is 2. The zero-order chi connectivity index (χ0) is 24.4. The standard InChI is InChI=1S/C24H23N5O5/c1-4-34-23(30)20-15(2)27(3)24(31)25-22(20)19-14-28(17-10-6-5-7-11-17)26-21(19)16-9-8-12-18(13-16)29(32)33/h5-14,22H,4H2,1-3H3,(H,25,31)/t22-/m0/s1. The van der Waals surface area contributed by atoms with Gasteiger partial charge in [0.15, 0.2) is 0 Å². The normalized spacial score (nSPS) is 15.8. The molecule has 2 aromatic carbocycles. The lowest BCUT2D eigenvalue weighted by Gasteiger charge is -2.33. The van der Waals surface area contributed by atoms with Crippen LogP contribution in [0.1, 0.15) is 25.5 Å². The predicted molar refractivity (Wildman–Crippen MR) is 124 cm³/mol. The Morgan fingerprint density at radius 3 is 2.62 bits per heavy atom. The van der Waals surface area contributed by atoms with E-state index in [-0.39, 0.29) is 17.9 Å². The van der Waals surface area contributed by atoms with Gasteiger partial charge in [0.05, 0.1) is 34.5 Å². The summed E-state index contributed by atoms with van der Waals surface area (Å²) in [5.41, 5.74) is 2.76. The summed E-state index contributed by atoms with van der Waals surface area (Å²) in [7, 11) is 1.56. The van der Waals surface area contributed by atoms with Crippen molar-refractivity contribution in [2.24, 2.45) is 0 Å². The number of nitrogens with zero attached hydrogens (tertiary/aromatic N) is 4. The number of carbonyl (C=O) groups excluding carboxylic acids is 2. The number of amides is 2. The highest BCUT2D eigenvalue weighted by atomic mass is 16.6. The fraction of sp³-hybridized carbons (Fsp3) is 0.208. The Labute approximate surface area is 195 Å². The van der Waals surface area contributed by atoms with Gasteiger partial charge in [-0.1, -0.05) is 30.3 Å². The SMILES string of the molecule is CCOC(=O)C1=C(C)N(C)C(=O)N[C@H]1c1cn(-c2ccccc2)nc1-c1cccc([N+](=O)[O-])c1. The molecule has 0 radical (unpaired) electrons. The van der Waals surface area contributed by atoms with Crippen LogP contribution in [0.2, 0.25) is 0 Å². The molecule has 2 heterocycles. The molecule has 2 amide bonds. The molecule has 174 valence electrons. The smallest absolute Gasteiger partial charge is 0.338 e. The lowest BCUT2D eigenvalue weighted by molar-refractivity contribution is -0.384. The quantitative estimate of drug-likeness (QED) is 0.337. The van der Waals surface area contributed by atoms with E-state index in [9.17, 15) is 19.7 Å². The number of hydrogen-bond donors (Lipinski definition) is 1. The van der Waals surface area contributed by atoms with Gasteiger partial charge in [-0.05, 0) is 26.0 Å². The molecule has 34 heavy (non-hydrogen) atoms. The third-order valence-electron chi connectivity index (χ3n) is 5.65. The number of aromatic nitrogens is 2. The van der Waals surface area contributed by atoms with Crippen molar-refractivity contribution in [3.63, 3.8) is 0 Å². The highest BCUT2D eigenvalue weighted by Gasteiger charge is 2.37. The molecule has 4 rings (SSSR count). The summed E-state index contributed by atoms with van der Waals surface area (Å²) in [6, 6.07) is 14.1. The molecule has 1 N–H and O–H groups in total. The van der Waals surface area contributed by atoms with Gasteiger partial charge in [0.2, 0.25) is 0 Å². The van der Waals surface area contributed by atoms with Gasteiger partial charge in [-0.25, -0.2) is 14.3 Å². The number of hydrogen-bond acceptors (Lipinski definition) is 6. The summed E-state index contributed by atoms with van der Waals surface area (Å²) in [5, 5.41) is 18.9. The fourth-order valence-electron chi connectivity index (χ4n) is 3.84. The van der Waals surface area contributed by atoms with E-state index in [1.54, 1.807) is 43.9 Å². The first-order chi connectivity index (χ1) is 16.3. The Morgan fingerprint density at radius 1 is 1.21 bits per heavy atom. The van der Waals surface area contributed by atoms with Crippen LogP contribution in [0.4, 0.5) is 10.5 Å². The molecule has 1 aliphatic heterocycles. The Morgan fingerprint density at radius 2 is 1.94 bits per heavy atom. The molecular formula is C24H23N5O5. The maximum atomic E-state index is 12.9. The zero-order valence-electron chi connectivity index (χ0n) is 18.9. The van der Waals surface area contributed by atoms with Crippen LogP contribution in [0.25, 0.3) is 16.9 Å². The second kappa shape index (κ2) is 9.18. The Hall–Kier alpha value is -4.47. The van der Waals surface area contributed by atoms with Gasteiger partial charge in [-0.3, -0.25) is 10.1 Å². The van der Waals surface area contributed by atoms with Crippen LogP contribution in [0, 0.1) is 10.1 Å². The summed E-state index contributed by atoms with van der Waals surface area (Å²) in [5.74, 6) is -0.561. The van der Waals surface area contributed by atoms with Crippen molar-refractivity contribution in [1.82, 2.24) is 20.0 Å². The van der Waals surface area contributed by atoms with Gasteiger partial charge in [0, 0.05) is 42.2 Å². The van der Waals surface area contributed by atoms with E-state index in [0.717, 1.165) is 5.69 Å². The third kappa shape index (κ3) is 4.13. The van der Waals surface area contributed by atoms with Crippen molar-refractivity contribution in [3.8, 4) is 16.9 Å². The minimum atomic E-state index is -0.866. The zero-order valence-corrected chi connectivity index (χ0v) is 18.9. The lowest BCUT2D eigenvalue weighted by Crippen LogP contribution is -2.46. The van der Waals surface area contributed by atoms with Gasteiger partial charge in [0.25, 0.3) is 5.69 Å². The van der Waals surface area contributed by atoms with Crippen molar-refractivity contribution in [2.75, 3.05) is 13.7 Å². The number of ether oxygens (including phenoxy) is 1. The Kier molecular flexibility index (Phi) is 6.13. The van der Waals surface area contributed by atoms with Gasteiger partial charge < -0.3 is 15.0 Å². The number of nitro benzene ring substituents is 1. The minimum absolute atomic E-state index is 0.0949. The number of nitrogens with one attached hydrogen (secondary N) is 1. The maximum absolute atomic E-state index is 12.9. The number of nitro groups is 1. The molecule has 0 aliphatic carbocycles. The molecule has 3 aromatic rings. The van der Waals surface area contributed by atoms with Gasteiger partial charge in [-0.15, -0.1) is 0 Å². The van der Waals surface area contributed by atoms with Crippen LogP contribution in [0.5, 0.6) is 0 Å². The van der Waals surface area contributed by atoms with Crippen LogP contribution in [-0.4, -0.2) is 45.3 Å². The molecule has 1 atom stereocenters. The number of para-hydroxylation sites is 1. The molecule has 0 bridgehead atoms. The maximum Gasteiger partial charge on any atom is 0.338 e. The number of urea groups is 1. The van der Waals surface area contributed by atoms with E-state index in [1.165, 1.54) is 17.0 Å². The van der Waals surface area contributed by atoms with Crippen molar-refractivity contribution in [2.45, 2.75) is 19.9 Å². The van der Waals surface area contributed by atoms with Crippen LogP contribution in [-0.2, 0) is 9.53 Å². The highest BCUT2D eigenvalue weighted by molar-refractivity contribution is 5.95. The third-order valence-corrected chi connectivity index (χ3v) is 5.65. The highest BCUT2D eigenvalue weighted by Crippen LogP contribution is 2.37. The van der Waals surface area contributed by atoms with Crippen LogP contribution in [0.3, 0.4) is 0 Å². The first-order valence-corrected chi connectivity index (χ1v) is 10.6. The van der Waals surface area contributed by atoms with E-state index in [1.807, 2.05) is 30.3 Å². The summed E-state index contributed by atoms with van der Waals surface area (Å²) >= 11 is 0. The molecule has 10 heteroatoms. The van der Waals surface area contributed by atoms with Gasteiger partial charge in [0.1, 0.15) is 0 Å². The second-order valence-corrected chi connectivity index (χ2v) is 7.68. The summed E-state index contributed by atoms with van der Waals surface area (Å²) in [6.45, 7) is 3.55. The van der Waals surface area contributed by atoms with E-state index in [2.05, 4.69) is 10.4 Å². The van der Waals surface area contributed by atoms with E-state index < -0.39 is 23.0 Å². The summed E-state index contributed by atoms with van der Waals surface area (Å²) in [4.78, 5) is 37.9. The average molecular weight is 461 g/mol. The minimum Gasteiger partial charge on any atom is -0.463 e. The molecule has 1 aliphatic rings.